The van der Waals surface area contributed by atoms with Crippen LogP contribution in [0.3, 0.4) is 0 Å². The maximum Gasteiger partial charge on any atom is 0.226 e. The molecule has 1 amide bonds. The third-order valence-corrected chi connectivity index (χ3v) is 6.53. The summed E-state index contributed by atoms with van der Waals surface area (Å²) < 4.78 is 11.8. The van der Waals surface area contributed by atoms with E-state index in [1.54, 1.807) is 0 Å². The number of hydrogen-bond donors (Lipinski definition) is 1. The third-order valence-electron chi connectivity index (χ3n) is 6.53. The standard InChI is InChI=1S/C23H29N3O3/c27-23(17-7-8-20-18(14-17)24-11-13-28-20)26-12-10-21-19(15-26)25-22(29-21)9-6-16-4-2-1-3-5-16/h1-5,17-18,20,24H,6-15H2/t17-,18+,20+/m0/s1. The number of fused-ring (bicyclic) bond motifs is 2. The van der Waals surface area contributed by atoms with E-state index >= 15 is 0 Å². The van der Waals surface area contributed by atoms with Gasteiger partial charge in [-0.25, -0.2) is 4.98 Å². The van der Waals surface area contributed by atoms with Crippen molar-refractivity contribution in [3.8, 4) is 0 Å². The molecule has 6 heteroatoms. The van der Waals surface area contributed by atoms with Gasteiger partial charge in [-0.1, -0.05) is 30.3 Å². The first-order valence-electron chi connectivity index (χ1n) is 10.9. The summed E-state index contributed by atoms with van der Waals surface area (Å²) >= 11 is 0. The molecular weight excluding hydrogens is 366 g/mol. The Morgan fingerprint density at radius 2 is 2.10 bits per heavy atom. The Morgan fingerprint density at radius 3 is 3.00 bits per heavy atom. The Balaban J connectivity index is 1.19. The molecule has 2 aromatic rings. The Kier molecular flexibility index (Phi) is 5.38. The second-order valence-electron chi connectivity index (χ2n) is 8.45. The van der Waals surface area contributed by atoms with Crippen LogP contribution in [0.15, 0.2) is 34.7 Å². The maximum atomic E-state index is 13.2. The number of carbonyl (C=O) groups excluding carboxylic acids is 1. The molecule has 3 heterocycles. The highest BCUT2D eigenvalue weighted by molar-refractivity contribution is 5.79. The van der Waals surface area contributed by atoms with E-state index in [2.05, 4.69) is 29.6 Å². The van der Waals surface area contributed by atoms with Gasteiger partial charge in [0, 0.05) is 37.9 Å². The Hall–Kier alpha value is -2.18. The lowest BCUT2D eigenvalue weighted by atomic mass is 9.82. The van der Waals surface area contributed by atoms with E-state index in [9.17, 15) is 4.79 Å². The fourth-order valence-electron chi connectivity index (χ4n) is 4.94. The van der Waals surface area contributed by atoms with Crippen molar-refractivity contribution in [1.29, 1.82) is 0 Å². The normalized spacial score (nSPS) is 26.6. The monoisotopic (exact) mass is 395 g/mol. The predicted octanol–water partition coefficient (Wildman–Crippen LogP) is 2.50. The van der Waals surface area contributed by atoms with Crippen molar-refractivity contribution < 1.29 is 13.9 Å². The van der Waals surface area contributed by atoms with E-state index in [0.717, 1.165) is 75.6 Å². The molecule has 1 saturated heterocycles. The summed E-state index contributed by atoms with van der Waals surface area (Å²) in [6.45, 7) is 2.98. The molecule has 1 N–H and O–H groups in total. The summed E-state index contributed by atoms with van der Waals surface area (Å²) in [7, 11) is 0. The van der Waals surface area contributed by atoms with Crippen molar-refractivity contribution in [3.05, 3.63) is 53.2 Å². The topological polar surface area (TPSA) is 67.6 Å². The highest BCUT2D eigenvalue weighted by Crippen LogP contribution is 2.31. The largest absolute Gasteiger partial charge is 0.445 e. The summed E-state index contributed by atoms with van der Waals surface area (Å²) in [6.07, 6.45) is 5.54. The fourth-order valence-corrected chi connectivity index (χ4v) is 4.94. The van der Waals surface area contributed by atoms with Gasteiger partial charge in [-0.3, -0.25) is 4.79 Å². The minimum absolute atomic E-state index is 0.0939. The molecule has 0 spiro atoms. The summed E-state index contributed by atoms with van der Waals surface area (Å²) in [5, 5.41) is 3.53. The van der Waals surface area contributed by atoms with Gasteiger partial charge in [-0.15, -0.1) is 0 Å². The number of aromatic nitrogens is 1. The molecule has 0 bridgehead atoms. The Morgan fingerprint density at radius 1 is 1.21 bits per heavy atom. The van der Waals surface area contributed by atoms with E-state index < -0.39 is 0 Å². The van der Waals surface area contributed by atoms with Gasteiger partial charge < -0.3 is 19.4 Å². The number of amides is 1. The number of hydrogen-bond acceptors (Lipinski definition) is 5. The average Bonchev–Trinajstić information content (AvgIpc) is 3.20. The number of aryl methyl sites for hydroxylation is 2. The molecule has 6 nitrogen and oxygen atoms in total. The van der Waals surface area contributed by atoms with Crippen LogP contribution in [0.2, 0.25) is 0 Å². The SMILES string of the molecule is O=C([C@H]1CC[C@H]2OCCN[C@@H]2C1)N1CCc2oc(CCc3ccccc3)nc2C1. The van der Waals surface area contributed by atoms with Crippen LogP contribution >= 0.6 is 0 Å². The van der Waals surface area contributed by atoms with Crippen molar-refractivity contribution in [2.45, 2.75) is 57.2 Å². The molecular formula is C23H29N3O3. The molecule has 0 radical (unpaired) electrons. The van der Waals surface area contributed by atoms with Crippen molar-refractivity contribution in [2.24, 2.45) is 5.92 Å². The van der Waals surface area contributed by atoms with Gasteiger partial charge in [0.25, 0.3) is 0 Å². The number of ether oxygens (including phenoxy) is 1. The Bertz CT molecular complexity index is 850. The smallest absolute Gasteiger partial charge is 0.226 e. The summed E-state index contributed by atoms with van der Waals surface area (Å²) in [4.78, 5) is 19.9. The number of carbonyl (C=O) groups is 1. The van der Waals surface area contributed by atoms with Crippen molar-refractivity contribution in [3.63, 3.8) is 0 Å². The van der Waals surface area contributed by atoms with Gasteiger partial charge in [-0.2, -0.15) is 0 Å². The van der Waals surface area contributed by atoms with Gasteiger partial charge >= 0.3 is 0 Å². The second kappa shape index (κ2) is 8.28. The Labute approximate surface area is 171 Å². The lowest BCUT2D eigenvalue weighted by Crippen LogP contribution is -2.53. The molecule has 3 atom stereocenters. The van der Waals surface area contributed by atoms with Crippen LogP contribution in [0, 0.1) is 5.92 Å². The van der Waals surface area contributed by atoms with Crippen LogP contribution in [0.4, 0.5) is 0 Å². The first-order chi connectivity index (χ1) is 14.3. The number of nitrogens with one attached hydrogen (secondary N) is 1. The second-order valence-corrected chi connectivity index (χ2v) is 8.45. The van der Waals surface area contributed by atoms with Crippen LogP contribution in [0.5, 0.6) is 0 Å². The van der Waals surface area contributed by atoms with Crippen molar-refractivity contribution in [1.82, 2.24) is 15.2 Å². The highest BCUT2D eigenvalue weighted by Gasteiger charge is 2.38. The third kappa shape index (κ3) is 4.09. The molecule has 154 valence electrons. The van der Waals surface area contributed by atoms with Crippen LogP contribution in [0.1, 0.15) is 42.2 Å². The van der Waals surface area contributed by atoms with Gasteiger partial charge in [-0.05, 0) is 31.2 Å². The number of oxazole rings is 1. The molecule has 1 saturated carbocycles. The van der Waals surface area contributed by atoms with E-state index in [4.69, 9.17) is 14.1 Å². The van der Waals surface area contributed by atoms with E-state index in [1.807, 2.05) is 11.0 Å². The van der Waals surface area contributed by atoms with Gasteiger partial charge in [0.1, 0.15) is 11.5 Å². The summed E-state index contributed by atoms with van der Waals surface area (Å²) in [5.41, 5.74) is 2.23. The van der Waals surface area contributed by atoms with Gasteiger partial charge in [0.15, 0.2) is 5.89 Å². The molecule has 5 rings (SSSR count). The van der Waals surface area contributed by atoms with Crippen molar-refractivity contribution in [2.75, 3.05) is 19.7 Å². The lowest BCUT2D eigenvalue weighted by Gasteiger charge is -2.40. The minimum atomic E-state index is 0.0939. The van der Waals surface area contributed by atoms with E-state index in [1.165, 1.54) is 5.56 Å². The van der Waals surface area contributed by atoms with Gasteiger partial charge in [0.05, 0.1) is 19.3 Å². The van der Waals surface area contributed by atoms with Crippen molar-refractivity contribution >= 4 is 5.91 Å². The van der Waals surface area contributed by atoms with Crippen LogP contribution < -0.4 is 5.32 Å². The number of morpholine rings is 1. The molecule has 1 aromatic carbocycles. The maximum absolute atomic E-state index is 13.2. The zero-order chi connectivity index (χ0) is 19.6. The van der Waals surface area contributed by atoms with E-state index in [-0.39, 0.29) is 17.9 Å². The predicted molar refractivity (Wildman–Crippen MR) is 108 cm³/mol. The fraction of sp³-hybridized carbons (Fsp3) is 0.565. The molecule has 1 aromatic heterocycles. The lowest BCUT2D eigenvalue weighted by molar-refractivity contribution is -0.140. The number of rotatable bonds is 4. The van der Waals surface area contributed by atoms with Gasteiger partial charge in [0.2, 0.25) is 5.91 Å². The molecule has 2 aliphatic heterocycles. The van der Waals surface area contributed by atoms with Crippen LogP contribution in [0.25, 0.3) is 0 Å². The molecule has 0 unspecified atom stereocenters. The van der Waals surface area contributed by atoms with E-state index in [0.29, 0.717) is 12.6 Å². The zero-order valence-electron chi connectivity index (χ0n) is 16.8. The van der Waals surface area contributed by atoms with Crippen LogP contribution in [-0.4, -0.2) is 47.6 Å². The molecule has 3 aliphatic rings. The quantitative estimate of drug-likeness (QED) is 0.862. The number of nitrogens with zero attached hydrogens (tertiary/aromatic N) is 2. The van der Waals surface area contributed by atoms with Crippen LogP contribution in [-0.2, 0) is 35.3 Å². The molecule has 1 aliphatic carbocycles. The first kappa shape index (κ1) is 18.8. The molecule has 2 fully saturated rings. The minimum Gasteiger partial charge on any atom is -0.445 e. The zero-order valence-corrected chi connectivity index (χ0v) is 16.8. The number of benzene rings is 1. The highest BCUT2D eigenvalue weighted by atomic mass is 16.5. The first-order valence-corrected chi connectivity index (χ1v) is 10.9. The molecule has 29 heavy (non-hydrogen) atoms. The average molecular weight is 396 g/mol. The summed E-state index contributed by atoms with van der Waals surface area (Å²) in [6, 6.07) is 10.7. The summed E-state index contributed by atoms with van der Waals surface area (Å²) in [5.74, 6) is 2.12.